The van der Waals surface area contributed by atoms with Crippen LogP contribution >= 0.6 is 0 Å². The second-order valence-electron chi connectivity index (χ2n) is 6.11. The molecule has 8 nitrogen and oxygen atoms in total. The van der Waals surface area contributed by atoms with Crippen molar-refractivity contribution >= 4 is 28.3 Å². The third-order valence-corrected chi connectivity index (χ3v) is 4.43. The van der Waals surface area contributed by atoms with Gasteiger partial charge in [0.1, 0.15) is 11.3 Å². The largest absolute Gasteiger partial charge is 0.484 e. The van der Waals surface area contributed by atoms with Crippen LogP contribution in [0.25, 0.3) is 11.0 Å². The van der Waals surface area contributed by atoms with Gasteiger partial charge in [-0.05, 0) is 30.2 Å². The maximum absolute atomic E-state index is 12.5. The first-order chi connectivity index (χ1) is 13.0. The van der Waals surface area contributed by atoms with Crippen molar-refractivity contribution in [1.29, 1.82) is 0 Å². The van der Waals surface area contributed by atoms with Gasteiger partial charge in [-0.25, -0.2) is 4.79 Å². The summed E-state index contributed by atoms with van der Waals surface area (Å²) in [5.41, 5.74) is 1.28. The van der Waals surface area contributed by atoms with Crippen LogP contribution in [0.5, 0.6) is 5.75 Å². The fourth-order valence-electron chi connectivity index (χ4n) is 3.09. The first-order valence-electron chi connectivity index (χ1n) is 8.26. The Hall–Kier alpha value is -3.68. The molecule has 0 spiro atoms. The summed E-state index contributed by atoms with van der Waals surface area (Å²) in [4.78, 5) is 35.8. The van der Waals surface area contributed by atoms with Crippen LogP contribution in [-0.4, -0.2) is 24.0 Å². The number of carbonyl (C=O) groups excluding carboxylic acids is 1. The van der Waals surface area contributed by atoms with Crippen LogP contribution in [0.3, 0.4) is 0 Å². The highest BCUT2D eigenvalue weighted by molar-refractivity contribution is 5.97. The molecule has 2 heterocycles. The minimum Gasteiger partial charge on any atom is -0.484 e. The Balaban J connectivity index is 1.50. The lowest BCUT2D eigenvalue weighted by Gasteiger charge is -2.17. The lowest BCUT2D eigenvalue weighted by molar-refractivity contribution is -0.384. The van der Waals surface area contributed by atoms with Crippen molar-refractivity contribution in [1.82, 2.24) is 0 Å². The summed E-state index contributed by atoms with van der Waals surface area (Å²) in [6, 6.07) is 12.4. The van der Waals surface area contributed by atoms with Gasteiger partial charge >= 0.3 is 5.63 Å². The van der Waals surface area contributed by atoms with Crippen LogP contribution in [0.2, 0.25) is 0 Å². The molecule has 0 N–H and O–H groups in total. The Kier molecular flexibility index (Phi) is 4.08. The third kappa shape index (κ3) is 3.24. The van der Waals surface area contributed by atoms with E-state index in [0.717, 1.165) is 10.9 Å². The zero-order chi connectivity index (χ0) is 19.0. The van der Waals surface area contributed by atoms with E-state index in [9.17, 15) is 19.7 Å². The van der Waals surface area contributed by atoms with Gasteiger partial charge in [-0.2, -0.15) is 0 Å². The molecule has 4 rings (SSSR count). The van der Waals surface area contributed by atoms with Crippen LogP contribution in [0, 0.1) is 10.1 Å². The molecule has 1 aromatic heterocycles. The Bertz CT molecular complexity index is 1120. The molecular formula is C19H14N2O6. The predicted molar refractivity (Wildman–Crippen MR) is 97.1 cm³/mol. The van der Waals surface area contributed by atoms with Crippen LogP contribution in [0.1, 0.15) is 5.56 Å². The summed E-state index contributed by atoms with van der Waals surface area (Å²) in [6.07, 6.45) is 0.639. The topological polar surface area (TPSA) is 103 Å². The zero-order valence-corrected chi connectivity index (χ0v) is 14.1. The summed E-state index contributed by atoms with van der Waals surface area (Å²) in [5, 5.41) is 11.7. The summed E-state index contributed by atoms with van der Waals surface area (Å²) in [6.45, 7) is 0.218. The van der Waals surface area contributed by atoms with E-state index < -0.39 is 10.5 Å². The molecule has 3 aromatic rings. The number of ether oxygens (including phenoxy) is 1. The fourth-order valence-corrected chi connectivity index (χ4v) is 3.09. The van der Waals surface area contributed by atoms with Gasteiger partial charge in [0.2, 0.25) is 0 Å². The Morgan fingerprint density at radius 1 is 1.19 bits per heavy atom. The Labute approximate surface area is 152 Å². The highest BCUT2D eigenvalue weighted by atomic mass is 16.6. The quantitative estimate of drug-likeness (QED) is 0.399. The molecule has 0 unspecified atom stereocenters. The summed E-state index contributed by atoms with van der Waals surface area (Å²) < 4.78 is 10.6. The lowest BCUT2D eigenvalue weighted by atomic mass is 10.1. The minimum atomic E-state index is -0.486. The van der Waals surface area contributed by atoms with Crippen LogP contribution in [0.15, 0.2) is 57.7 Å². The minimum absolute atomic E-state index is 0.0565. The van der Waals surface area contributed by atoms with Crippen molar-refractivity contribution in [3.05, 3.63) is 74.6 Å². The SMILES string of the molecule is O=C(COc1ccc2ccc(=O)oc2c1)N1CCc2ccc([N+](=O)[O-])cc21. The number of nitro groups is 1. The Morgan fingerprint density at radius 3 is 2.81 bits per heavy atom. The number of amides is 1. The van der Waals surface area contributed by atoms with Crippen LogP contribution in [0.4, 0.5) is 11.4 Å². The molecule has 136 valence electrons. The van der Waals surface area contributed by atoms with Gasteiger partial charge in [-0.1, -0.05) is 6.07 Å². The van der Waals surface area contributed by atoms with Crippen molar-refractivity contribution in [3.8, 4) is 5.75 Å². The van der Waals surface area contributed by atoms with E-state index in [0.29, 0.717) is 30.0 Å². The lowest BCUT2D eigenvalue weighted by Crippen LogP contribution is -2.33. The predicted octanol–water partition coefficient (Wildman–Crippen LogP) is 2.67. The van der Waals surface area contributed by atoms with E-state index >= 15 is 0 Å². The number of rotatable bonds is 4. The Morgan fingerprint density at radius 2 is 2.00 bits per heavy atom. The normalized spacial score (nSPS) is 12.8. The van der Waals surface area contributed by atoms with Gasteiger partial charge in [-0.3, -0.25) is 14.9 Å². The number of carbonyl (C=O) groups is 1. The van der Waals surface area contributed by atoms with E-state index in [2.05, 4.69) is 0 Å². The van der Waals surface area contributed by atoms with Gasteiger partial charge < -0.3 is 14.1 Å². The molecule has 1 aliphatic heterocycles. The van der Waals surface area contributed by atoms with E-state index in [1.54, 1.807) is 30.3 Å². The molecule has 1 amide bonds. The van der Waals surface area contributed by atoms with Crippen molar-refractivity contribution < 1.29 is 18.9 Å². The molecule has 0 atom stereocenters. The van der Waals surface area contributed by atoms with E-state index in [1.165, 1.54) is 23.1 Å². The summed E-state index contributed by atoms with van der Waals surface area (Å²) in [5.74, 6) is 0.0903. The first kappa shape index (κ1) is 16.8. The molecule has 0 fully saturated rings. The maximum atomic E-state index is 12.5. The smallest absolute Gasteiger partial charge is 0.336 e. The molecule has 0 saturated heterocycles. The van der Waals surface area contributed by atoms with Crippen molar-refractivity contribution in [2.24, 2.45) is 0 Å². The monoisotopic (exact) mass is 366 g/mol. The molecule has 0 bridgehead atoms. The van der Waals surface area contributed by atoms with Crippen LogP contribution < -0.4 is 15.3 Å². The van der Waals surface area contributed by atoms with Crippen molar-refractivity contribution in [2.75, 3.05) is 18.1 Å². The molecule has 0 radical (unpaired) electrons. The van der Waals surface area contributed by atoms with Crippen molar-refractivity contribution in [3.63, 3.8) is 0 Å². The molecular weight excluding hydrogens is 352 g/mol. The highest BCUT2D eigenvalue weighted by Gasteiger charge is 2.27. The van der Waals surface area contributed by atoms with Crippen LogP contribution in [-0.2, 0) is 11.2 Å². The number of nitro benzene ring substituents is 1. The van der Waals surface area contributed by atoms with E-state index in [-0.39, 0.29) is 18.2 Å². The first-order valence-corrected chi connectivity index (χ1v) is 8.26. The van der Waals surface area contributed by atoms with E-state index in [1.807, 2.05) is 0 Å². The van der Waals surface area contributed by atoms with Gasteiger partial charge in [0, 0.05) is 36.2 Å². The highest BCUT2D eigenvalue weighted by Crippen LogP contribution is 2.31. The zero-order valence-electron chi connectivity index (χ0n) is 14.1. The number of fused-ring (bicyclic) bond motifs is 2. The average molecular weight is 366 g/mol. The number of non-ortho nitro benzene ring substituents is 1. The molecule has 1 aliphatic rings. The molecule has 0 aliphatic carbocycles. The molecule has 0 saturated carbocycles. The molecule has 8 heteroatoms. The third-order valence-electron chi connectivity index (χ3n) is 4.43. The molecule has 27 heavy (non-hydrogen) atoms. The fraction of sp³-hybridized carbons (Fsp3) is 0.158. The average Bonchev–Trinajstić information content (AvgIpc) is 3.09. The number of anilines is 1. The summed E-state index contributed by atoms with van der Waals surface area (Å²) in [7, 11) is 0. The number of benzene rings is 2. The second-order valence-corrected chi connectivity index (χ2v) is 6.11. The van der Waals surface area contributed by atoms with E-state index in [4.69, 9.17) is 9.15 Å². The van der Waals surface area contributed by atoms with Gasteiger partial charge in [0.15, 0.2) is 6.61 Å². The number of hydrogen-bond acceptors (Lipinski definition) is 6. The van der Waals surface area contributed by atoms with Crippen molar-refractivity contribution in [2.45, 2.75) is 6.42 Å². The standard InChI is InChI=1S/C19H14N2O6/c22-18(20-8-7-12-1-4-14(21(24)25)9-16(12)20)11-26-15-5-2-13-3-6-19(23)27-17(13)10-15/h1-6,9-10H,7-8,11H2. The molecule has 2 aromatic carbocycles. The second kappa shape index (κ2) is 6.56. The van der Waals surface area contributed by atoms with Gasteiger partial charge in [-0.15, -0.1) is 0 Å². The maximum Gasteiger partial charge on any atom is 0.336 e. The van der Waals surface area contributed by atoms with Gasteiger partial charge in [0.25, 0.3) is 11.6 Å². The van der Waals surface area contributed by atoms with Gasteiger partial charge in [0.05, 0.1) is 10.6 Å². The summed E-state index contributed by atoms with van der Waals surface area (Å²) >= 11 is 0. The number of nitrogens with zero attached hydrogens (tertiary/aromatic N) is 2. The number of hydrogen-bond donors (Lipinski definition) is 0.